The van der Waals surface area contributed by atoms with Crippen molar-refractivity contribution < 1.29 is 30.6 Å². The van der Waals surface area contributed by atoms with Crippen LogP contribution in [0.25, 0.3) is 5.32 Å². The molecule has 0 aliphatic carbocycles. The van der Waals surface area contributed by atoms with Gasteiger partial charge in [0.25, 0.3) is 0 Å². The predicted octanol–water partition coefficient (Wildman–Crippen LogP) is 3.07. The van der Waals surface area contributed by atoms with Crippen LogP contribution in [0.5, 0.6) is 0 Å². The van der Waals surface area contributed by atoms with Gasteiger partial charge in [-0.2, -0.15) is 0 Å². The number of piperidine rings is 1. The van der Waals surface area contributed by atoms with E-state index < -0.39 is 5.60 Å². The Kier molecular flexibility index (Phi) is 5.51. The molecule has 0 spiro atoms. The molecule has 0 bridgehead atoms. The van der Waals surface area contributed by atoms with Crippen molar-refractivity contribution in [2.75, 3.05) is 13.1 Å². The van der Waals surface area contributed by atoms with Gasteiger partial charge >= 0.3 is 0 Å². The fraction of sp³-hybridized carbons (Fsp3) is 0.571. The Hall–Kier alpha value is -0.242. The van der Waals surface area contributed by atoms with E-state index in [4.69, 9.17) is 0 Å². The molecule has 0 aromatic heterocycles. The van der Waals surface area contributed by atoms with Gasteiger partial charge in [-0.25, -0.2) is 4.39 Å². The molecule has 4 heteroatoms. The molecule has 2 nitrogen and oxygen atoms in total. The van der Waals surface area contributed by atoms with Crippen molar-refractivity contribution in [3.63, 3.8) is 0 Å². The van der Waals surface area contributed by atoms with Gasteiger partial charge in [0.05, 0.1) is 5.60 Å². The van der Waals surface area contributed by atoms with E-state index in [-0.39, 0.29) is 38.7 Å². The van der Waals surface area contributed by atoms with E-state index in [9.17, 15) is 9.50 Å². The third kappa shape index (κ3) is 3.63. The first kappa shape index (κ1) is 15.8. The molecule has 0 amide bonds. The molecule has 0 unspecified atom stereocenters. The molecule has 1 saturated heterocycles. The number of aliphatic hydroxyl groups is 1. The average molecular weight is 420 g/mol. The first-order chi connectivity index (χ1) is 7.98. The maximum Gasteiger partial charge on any atom is 0.123 e. The van der Waals surface area contributed by atoms with Crippen molar-refractivity contribution in [2.24, 2.45) is 5.92 Å². The van der Waals surface area contributed by atoms with E-state index in [1.165, 1.54) is 12.1 Å². The molecular weight excluding hydrogens is 401 g/mol. The number of hydrogen-bond donors (Lipinski definition) is 1. The van der Waals surface area contributed by atoms with Crippen molar-refractivity contribution in [1.82, 2.24) is 0 Å². The van der Waals surface area contributed by atoms with Crippen LogP contribution in [-0.2, 0) is 21.1 Å². The summed E-state index contributed by atoms with van der Waals surface area (Å²) < 4.78 is 12.9. The smallest absolute Gasteiger partial charge is 0.123 e. The molecule has 2 atom stereocenters. The average Bonchev–Trinajstić information content (AvgIpc) is 2.29. The summed E-state index contributed by atoms with van der Waals surface area (Å²) in [7, 11) is 0. The summed E-state index contributed by atoms with van der Waals surface area (Å²) in [5.41, 5.74) is 0.358. The number of halogens is 1. The summed E-state index contributed by atoms with van der Waals surface area (Å²) in [6.07, 6.45) is 0.931. The molecule has 1 heterocycles. The minimum Gasteiger partial charge on any atom is -0.662 e. The fourth-order valence-corrected chi connectivity index (χ4v) is 2.61. The standard InChI is InChI=1S/C14H19FNO.W/c1-14(2,17)13-9-16-8-7-12(13)10-3-5-11(15)6-4-10;/h3-6,12-13,17H,7-9H2,1-2H3;/q-1;/t12-,13+;/m0./s1. The summed E-state index contributed by atoms with van der Waals surface area (Å²) >= 11 is 0. The van der Waals surface area contributed by atoms with Crippen molar-refractivity contribution in [3.05, 3.63) is 41.0 Å². The maximum absolute atomic E-state index is 12.9. The maximum atomic E-state index is 12.9. The summed E-state index contributed by atoms with van der Waals surface area (Å²) in [4.78, 5) is 0. The Morgan fingerprint density at radius 3 is 2.44 bits per heavy atom. The first-order valence-corrected chi connectivity index (χ1v) is 6.09. The van der Waals surface area contributed by atoms with Gasteiger partial charge < -0.3 is 10.4 Å². The molecule has 100 valence electrons. The monoisotopic (exact) mass is 420 g/mol. The Morgan fingerprint density at radius 1 is 1.28 bits per heavy atom. The predicted molar refractivity (Wildman–Crippen MR) is 66.6 cm³/mol. The van der Waals surface area contributed by atoms with Crippen LogP contribution in [-0.4, -0.2) is 23.8 Å². The topological polar surface area (TPSA) is 34.3 Å². The third-order valence-corrected chi connectivity index (χ3v) is 3.62. The van der Waals surface area contributed by atoms with Crippen molar-refractivity contribution in [1.29, 1.82) is 0 Å². The Labute approximate surface area is 122 Å². The van der Waals surface area contributed by atoms with E-state index in [0.717, 1.165) is 18.5 Å². The minimum atomic E-state index is -0.747. The minimum absolute atomic E-state index is 0. The molecular formula is C14H19FNOW-. The summed E-state index contributed by atoms with van der Waals surface area (Å²) in [5, 5.41) is 14.6. The van der Waals surface area contributed by atoms with Crippen LogP contribution in [0, 0.1) is 11.7 Å². The third-order valence-electron chi connectivity index (χ3n) is 3.62. The van der Waals surface area contributed by atoms with E-state index >= 15 is 0 Å². The molecule has 1 aromatic carbocycles. The largest absolute Gasteiger partial charge is 0.662 e. The van der Waals surface area contributed by atoms with Crippen LogP contribution in [0.3, 0.4) is 0 Å². The van der Waals surface area contributed by atoms with Gasteiger partial charge in [0.15, 0.2) is 0 Å². The Balaban J connectivity index is 0.00000162. The van der Waals surface area contributed by atoms with Gasteiger partial charge in [-0.15, -0.1) is 13.1 Å². The Morgan fingerprint density at radius 2 is 1.89 bits per heavy atom. The van der Waals surface area contributed by atoms with E-state index in [0.29, 0.717) is 6.54 Å². The van der Waals surface area contributed by atoms with Gasteiger partial charge in [-0.05, 0) is 43.4 Å². The second kappa shape index (κ2) is 6.27. The molecule has 1 N–H and O–H groups in total. The molecule has 18 heavy (non-hydrogen) atoms. The SMILES string of the molecule is CC(C)(O)[C@@H]1C[N-]CC[C@H]1c1ccc(F)cc1.[W]. The zero-order valence-corrected chi connectivity index (χ0v) is 13.7. The van der Waals surface area contributed by atoms with Crippen LogP contribution < -0.4 is 0 Å². The second-order valence-corrected chi connectivity index (χ2v) is 5.34. The summed E-state index contributed by atoms with van der Waals surface area (Å²) in [6, 6.07) is 6.62. The molecule has 0 saturated carbocycles. The van der Waals surface area contributed by atoms with Crippen LogP contribution in [0.1, 0.15) is 31.7 Å². The molecule has 2 rings (SSSR count). The van der Waals surface area contributed by atoms with Crippen molar-refractivity contribution >= 4 is 0 Å². The van der Waals surface area contributed by atoms with E-state index in [1.54, 1.807) is 0 Å². The number of rotatable bonds is 2. The summed E-state index contributed by atoms with van der Waals surface area (Å²) in [6.45, 7) is 5.17. The van der Waals surface area contributed by atoms with Gasteiger partial charge in [-0.3, -0.25) is 0 Å². The Bertz CT molecular complexity index is 374. The zero-order valence-electron chi connectivity index (χ0n) is 10.8. The second-order valence-electron chi connectivity index (χ2n) is 5.34. The molecule has 1 aliphatic heterocycles. The van der Waals surface area contributed by atoms with Crippen LogP contribution in [0.2, 0.25) is 0 Å². The molecule has 0 radical (unpaired) electrons. The van der Waals surface area contributed by atoms with Gasteiger partial charge in [0.2, 0.25) is 0 Å². The van der Waals surface area contributed by atoms with Gasteiger partial charge in [-0.1, -0.05) is 18.6 Å². The fourth-order valence-electron chi connectivity index (χ4n) is 2.61. The van der Waals surface area contributed by atoms with Crippen LogP contribution >= 0.6 is 0 Å². The molecule has 1 aliphatic rings. The zero-order chi connectivity index (χ0) is 12.5. The number of benzene rings is 1. The summed E-state index contributed by atoms with van der Waals surface area (Å²) in [5.74, 6) is 0.170. The van der Waals surface area contributed by atoms with Crippen molar-refractivity contribution in [3.8, 4) is 0 Å². The van der Waals surface area contributed by atoms with Gasteiger partial charge in [0.1, 0.15) is 5.82 Å². The van der Waals surface area contributed by atoms with Crippen LogP contribution in [0.4, 0.5) is 4.39 Å². The first-order valence-electron chi connectivity index (χ1n) is 6.09. The van der Waals surface area contributed by atoms with E-state index in [2.05, 4.69) is 5.32 Å². The van der Waals surface area contributed by atoms with E-state index in [1.807, 2.05) is 26.0 Å². The van der Waals surface area contributed by atoms with Crippen LogP contribution in [0.15, 0.2) is 24.3 Å². The number of hydrogen-bond acceptors (Lipinski definition) is 1. The number of nitrogens with zero attached hydrogens (tertiary/aromatic N) is 1. The quantitative estimate of drug-likeness (QED) is 0.785. The normalized spacial score (nSPS) is 24.4. The molecule has 1 aromatic rings. The van der Waals surface area contributed by atoms with Crippen molar-refractivity contribution in [2.45, 2.75) is 31.8 Å². The molecule has 1 fully saturated rings. The van der Waals surface area contributed by atoms with Gasteiger partial charge in [0, 0.05) is 21.1 Å².